The lowest BCUT2D eigenvalue weighted by Crippen LogP contribution is -2.34. The first-order chi connectivity index (χ1) is 11.3. The van der Waals surface area contributed by atoms with Gasteiger partial charge in [0.25, 0.3) is 11.7 Å². The highest BCUT2D eigenvalue weighted by atomic mass is 16.2. The van der Waals surface area contributed by atoms with E-state index in [0.717, 1.165) is 37.3 Å². The Bertz CT molecular complexity index is 693. The number of amides is 1. The van der Waals surface area contributed by atoms with Gasteiger partial charge in [-0.05, 0) is 44.6 Å². The first-order valence-electron chi connectivity index (χ1n) is 8.78. The molecule has 0 aliphatic carbocycles. The van der Waals surface area contributed by atoms with Crippen molar-refractivity contribution in [1.82, 2.24) is 24.5 Å². The lowest BCUT2D eigenvalue weighted by molar-refractivity contribution is 0.0728. The van der Waals surface area contributed by atoms with Gasteiger partial charge in [0.15, 0.2) is 0 Å². The summed E-state index contributed by atoms with van der Waals surface area (Å²) in [4.78, 5) is 23.5. The van der Waals surface area contributed by atoms with E-state index >= 15 is 0 Å². The van der Waals surface area contributed by atoms with Gasteiger partial charge in [-0.2, -0.15) is 4.98 Å². The number of nitrogens with zero attached hydrogens (tertiary/aromatic N) is 5. The fourth-order valence-corrected chi connectivity index (χ4v) is 2.54. The molecule has 0 spiro atoms. The van der Waals surface area contributed by atoms with Crippen molar-refractivity contribution in [2.45, 2.75) is 54.4 Å². The molecule has 0 aliphatic rings. The Hall–Kier alpha value is -1.98. The van der Waals surface area contributed by atoms with Crippen molar-refractivity contribution >= 4 is 11.7 Å². The molecule has 6 heteroatoms. The number of carbonyl (C=O) groups is 1. The second-order valence-corrected chi connectivity index (χ2v) is 7.34. The maximum atomic E-state index is 12.9. The van der Waals surface area contributed by atoms with Crippen LogP contribution in [0.5, 0.6) is 0 Å². The van der Waals surface area contributed by atoms with Gasteiger partial charge in [0, 0.05) is 24.5 Å². The molecule has 2 aromatic rings. The normalized spacial score (nSPS) is 11.7. The highest BCUT2D eigenvalue weighted by Crippen LogP contribution is 2.11. The summed E-state index contributed by atoms with van der Waals surface area (Å²) >= 11 is 0. The van der Waals surface area contributed by atoms with E-state index in [4.69, 9.17) is 0 Å². The molecule has 0 unspecified atom stereocenters. The molecule has 0 aromatic carbocycles. The van der Waals surface area contributed by atoms with Crippen LogP contribution in [0.25, 0.3) is 5.78 Å². The molecule has 1 amide bonds. The largest absolute Gasteiger partial charge is 0.336 e. The molecular weight excluding hydrogens is 302 g/mol. The monoisotopic (exact) mass is 331 g/mol. The van der Waals surface area contributed by atoms with Crippen LogP contribution in [0, 0.1) is 25.7 Å². The minimum atomic E-state index is -0.0983. The number of hydrogen-bond donors (Lipinski definition) is 0. The van der Waals surface area contributed by atoms with Crippen LogP contribution in [-0.2, 0) is 0 Å². The number of aromatic nitrogens is 4. The molecule has 2 aromatic heterocycles. The smallest absolute Gasteiger partial charge is 0.293 e. The molecule has 2 rings (SSSR count). The predicted octanol–water partition coefficient (Wildman–Crippen LogP) is 3.28. The molecule has 132 valence electrons. The van der Waals surface area contributed by atoms with Crippen molar-refractivity contribution in [2.24, 2.45) is 11.8 Å². The summed E-state index contributed by atoms with van der Waals surface area (Å²) in [6.07, 6.45) is 1.96. The third-order valence-electron chi connectivity index (χ3n) is 4.05. The summed E-state index contributed by atoms with van der Waals surface area (Å²) in [7, 11) is 0. The van der Waals surface area contributed by atoms with Crippen molar-refractivity contribution in [1.29, 1.82) is 0 Å². The van der Waals surface area contributed by atoms with Crippen LogP contribution in [0.15, 0.2) is 6.07 Å². The Kier molecular flexibility index (Phi) is 5.91. The van der Waals surface area contributed by atoms with E-state index in [9.17, 15) is 4.79 Å². The van der Waals surface area contributed by atoms with Gasteiger partial charge < -0.3 is 4.90 Å². The molecule has 0 radical (unpaired) electrons. The zero-order valence-electron chi connectivity index (χ0n) is 15.7. The van der Waals surface area contributed by atoms with E-state index in [0.29, 0.717) is 17.6 Å². The number of carbonyl (C=O) groups excluding carboxylic acids is 1. The van der Waals surface area contributed by atoms with Gasteiger partial charge in [0.05, 0.1) is 0 Å². The van der Waals surface area contributed by atoms with E-state index in [1.807, 2.05) is 24.8 Å². The minimum Gasteiger partial charge on any atom is -0.336 e. The first kappa shape index (κ1) is 18.4. The van der Waals surface area contributed by atoms with Crippen molar-refractivity contribution in [3.8, 4) is 0 Å². The average Bonchev–Trinajstić information content (AvgIpc) is 2.90. The molecule has 0 atom stereocenters. The van der Waals surface area contributed by atoms with E-state index in [-0.39, 0.29) is 11.7 Å². The molecular formula is C18H29N5O. The van der Waals surface area contributed by atoms with Crippen molar-refractivity contribution < 1.29 is 4.79 Å². The molecule has 2 heterocycles. The highest BCUT2D eigenvalue weighted by molar-refractivity contribution is 5.90. The SMILES string of the molecule is Cc1cc(C)n2nc(C(=O)N(CCC(C)C)CCC(C)C)nc2n1. The van der Waals surface area contributed by atoms with Gasteiger partial charge in [-0.1, -0.05) is 27.7 Å². The van der Waals surface area contributed by atoms with Crippen LogP contribution in [0.4, 0.5) is 0 Å². The zero-order chi connectivity index (χ0) is 17.9. The summed E-state index contributed by atoms with van der Waals surface area (Å²) in [6, 6.07) is 1.94. The van der Waals surface area contributed by atoms with E-state index < -0.39 is 0 Å². The van der Waals surface area contributed by atoms with E-state index in [1.165, 1.54) is 0 Å². The average molecular weight is 331 g/mol. The minimum absolute atomic E-state index is 0.0983. The Labute approximate surface area is 144 Å². The number of fused-ring (bicyclic) bond motifs is 1. The van der Waals surface area contributed by atoms with Gasteiger partial charge in [-0.15, -0.1) is 5.10 Å². The molecule has 0 saturated heterocycles. The number of aryl methyl sites for hydroxylation is 2. The van der Waals surface area contributed by atoms with E-state index in [2.05, 4.69) is 42.8 Å². The van der Waals surface area contributed by atoms with Crippen LogP contribution >= 0.6 is 0 Å². The van der Waals surface area contributed by atoms with E-state index in [1.54, 1.807) is 4.52 Å². The standard InChI is InChI=1S/C18H29N5O/c1-12(2)7-9-22(10-8-13(3)4)17(24)16-20-18-19-14(5)11-15(6)23(18)21-16/h11-13H,7-10H2,1-6H3. The van der Waals surface area contributed by atoms with Gasteiger partial charge in [0.1, 0.15) is 0 Å². The van der Waals surface area contributed by atoms with Gasteiger partial charge in [0.2, 0.25) is 5.82 Å². The van der Waals surface area contributed by atoms with Crippen molar-refractivity contribution in [2.75, 3.05) is 13.1 Å². The Morgan fingerprint density at radius 3 is 2.21 bits per heavy atom. The Balaban J connectivity index is 2.25. The third kappa shape index (κ3) is 4.52. The topological polar surface area (TPSA) is 63.4 Å². The zero-order valence-corrected chi connectivity index (χ0v) is 15.7. The fraction of sp³-hybridized carbons (Fsp3) is 0.667. The summed E-state index contributed by atoms with van der Waals surface area (Å²) < 4.78 is 1.64. The first-order valence-corrected chi connectivity index (χ1v) is 8.78. The summed E-state index contributed by atoms with van der Waals surface area (Å²) in [6.45, 7) is 14.0. The molecule has 0 N–H and O–H groups in total. The van der Waals surface area contributed by atoms with Crippen LogP contribution in [0.2, 0.25) is 0 Å². The molecule has 0 fully saturated rings. The van der Waals surface area contributed by atoms with Crippen LogP contribution in [0.1, 0.15) is 62.5 Å². The maximum absolute atomic E-state index is 12.9. The number of hydrogen-bond acceptors (Lipinski definition) is 4. The Morgan fingerprint density at radius 2 is 1.67 bits per heavy atom. The van der Waals surface area contributed by atoms with Crippen molar-refractivity contribution in [3.05, 3.63) is 23.3 Å². The maximum Gasteiger partial charge on any atom is 0.293 e. The van der Waals surface area contributed by atoms with Crippen LogP contribution in [0.3, 0.4) is 0 Å². The van der Waals surface area contributed by atoms with Crippen LogP contribution in [-0.4, -0.2) is 43.5 Å². The molecule has 24 heavy (non-hydrogen) atoms. The highest BCUT2D eigenvalue weighted by Gasteiger charge is 2.21. The van der Waals surface area contributed by atoms with Gasteiger partial charge in [-0.25, -0.2) is 9.50 Å². The number of rotatable bonds is 7. The fourth-order valence-electron chi connectivity index (χ4n) is 2.54. The van der Waals surface area contributed by atoms with Crippen molar-refractivity contribution in [3.63, 3.8) is 0 Å². The second-order valence-electron chi connectivity index (χ2n) is 7.34. The summed E-state index contributed by atoms with van der Waals surface area (Å²) in [5.41, 5.74) is 1.81. The quantitative estimate of drug-likeness (QED) is 0.781. The molecule has 0 aliphatic heterocycles. The molecule has 0 saturated carbocycles. The van der Waals surface area contributed by atoms with Gasteiger partial charge >= 0.3 is 0 Å². The Morgan fingerprint density at radius 1 is 1.08 bits per heavy atom. The van der Waals surface area contributed by atoms with Gasteiger partial charge in [-0.3, -0.25) is 4.79 Å². The lowest BCUT2D eigenvalue weighted by Gasteiger charge is -2.23. The second kappa shape index (κ2) is 7.73. The molecule has 0 bridgehead atoms. The summed E-state index contributed by atoms with van der Waals surface area (Å²) in [5, 5.41) is 4.38. The van der Waals surface area contributed by atoms with Crippen LogP contribution < -0.4 is 0 Å². The summed E-state index contributed by atoms with van der Waals surface area (Å²) in [5.74, 6) is 1.74. The lowest BCUT2D eigenvalue weighted by atomic mass is 10.1. The molecule has 6 nitrogen and oxygen atoms in total. The third-order valence-corrected chi connectivity index (χ3v) is 4.05. The predicted molar refractivity (Wildman–Crippen MR) is 95.1 cm³/mol.